The molecule has 1 heterocycles. The average Bonchev–Trinajstić information content (AvgIpc) is 2.84. The van der Waals surface area contributed by atoms with Gasteiger partial charge in [-0.2, -0.15) is 5.10 Å². The first-order valence-corrected chi connectivity index (χ1v) is 10.6. The zero-order chi connectivity index (χ0) is 23.5. The van der Waals surface area contributed by atoms with Crippen molar-refractivity contribution in [3.8, 4) is 28.4 Å². The predicted octanol–water partition coefficient (Wildman–Crippen LogP) is 6.04. The minimum Gasteiger partial charge on any atom is -0.497 e. The molecule has 33 heavy (non-hydrogen) atoms. The van der Waals surface area contributed by atoms with Crippen LogP contribution in [0.4, 0.5) is 10.2 Å². The van der Waals surface area contributed by atoms with E-state index in [1.807, 2.05) is 43.3 Å². The number of ether oxygens (including phenoxy) is 3. The summed E-state index contributed by atoms with van der Waals surface area (Å²) in [5.74, 6) is 1.96. The minimum absolute atomic E-state index is 0.0336. The van der Waals surface area contributed by atoms with Crippen LogP contribution >= 0.6 is 11.6 Å². The van der Waals surface area contributed by atoms with Crippen LogP contribution in [0.25, 0.3) is 21.9 Å². The summed E-state index contributed by atoms with van der Waals surface area (Å²) < 4.78 is 30.0. The molecule has 0 fully saturated rings. The second kappa shape index (κ2) is 9.50. The fourth-order valence-corrected chi connectivity index (χ4v) is 3.84. The lowest BCUT2D eigenvalue weighted by atomic mass is 10.00. The molecule has 1 aromatic heterocycles. The van der Waals surface area contributed by atoms with Gasteiger partial charge in [0, 0.05) is 40.6 Å². The van der Waals surface area contributed by atoms with E-state index in [1.165, 1.54) is 13.2 Å². The van der Waals surface area contributed by atoms with Gasteiger partial charge in [0.1, 0.15) is 23.1 Å². The molecule has 0 aliphatic heterocycles. The molecule has 0 unspecified atom stereocenters. The summed E-state index contributed by atoms with van der Waals surface area (Å²) in [5.41, 5.74) is 3.25. The van der Waals surface area contributed by atoms with Gasteiger partial charge in [0.05, 0.1) is 32.0 Å². The van der Waals surface area contributed by atoms with Gasteiger partial charge in [-0.3, -0.25) is 0 Å². The Hall–Kier alpha value is -3.58. The van der Waals surface area contributed by atoms with Crippen molar-refractivity contribution < 1.29 is 18.6 Å². The highest BCUT2D eigenvalue weighted by Crippen LogP contribution is 2.37. The number of hydrogen-bond donors (Lipinski definition) is 1. The van der Waals surface area contributed by atoms with Gasteiger partial charge in [-0.25, -0.2) is 4.39 Å². The molecule has 0 aliphatic rings. The lowest BCUT2D eigenvalue weighted by molar-refractivity contribution is 0.391. The number of nitrogens with zero attached hydrogens (tertiary/aromatic N) is 2. The third-order valence-electron chi connectivity index (χ3n) is 5.46. The van der Waals surface area contributed by atoms with E-state index < -0.39 is 5.82 Å². The number of benzene rings is 3. The molecule has 0 saturated heterocycles. The number of hydrogen-bond acceptors (Lipinski definition) is 6. The quantitative estimate of drug-likeness (QED) is 0.357. The Labute approximate surface area is 196 Å². The number of fused-ring (bicyclic) bond motifs is 1. The van der Waals surface area contributed by atoms with Crippen LogP contribution in [0, 0.1) is 12.7 Å². The smallest absolute Gasteiger partial charge is 0.156 e. The van der Waals surface area contributed by atoms with E-state index in [1.54, 1.807) is 20.3 Å². The number of halogens is 2. The van der Waals surface area contributed by atoms with Crippen molar-refractivity contribution >= 4 is 28.2 Å². The van der Waals surface area contributed by atoms with Crippen molar-refractivity contribution in [1.82, 2.24) is 10.2 Å². The summed E-state index contributed by atoms with van der Waals surface area (Å²) >= 11 is 6.03. The van der Waals surface area contributed by atoms with E-state index >= 15 is 0 Å². The molecular formula is C25H23ClFN3O3. The number of methoxy groups -OCH3 is 3. The zero-order valence-electron chi connectivity index (χ0n) is 18.7. The van der Waals surface area contributed by atoms with Gasteiger partial charge in [0.25, 0.3) is 0 Å². The van der Waals surface area contributed by atoms with Gasteiger partial charge in [0.15, 0.2) is 5.82 Å². The normalized spacial score (nSPS) is 10.8. The summed E-state index contributed by atoms with van der Waals surface area (Å²) in [6.45, 7) is 2.38. The molecule has 0 radical (unpaired) electrons. The van der Waals surface area contributed by atoms with E-state index in [4.69, 9.17) is 25.8 Å². The molecule has 8 heteroatoms. The summed E-state index contributed by atoms with van der Waals surface area (Å²) in [6.07, 6.45) is 0. The zero-order valence-corrected chi connectivity index (χ0v) is 19.5. The third-order valence-corrected chi connectivity index (χ3v) is 5.75. The Kier molecular flexibility index (Phi) is 6.51. The number of aromatic nitrogens is 2. The van der Waals surface area contributed by atoms with Crippen LogP contribution in [0.5, 0.6) is 17.2 Å². The monoisotopic (exact) mass is 467 g/mol. The number of rotatable bonds is 7. The van der Waals surface area contributed by atoms with Crippen LogP contribution in [0.3, 0.4) is 0 Å². The number of aryl methyl sites for hydroxylation is 1. The van der Waals surface area contributed by atoms with Gasteiger partial charge >= 0.3 is 0 Å². The average molecular weight is 468 g/mol. The highest BCUT2D eigenvalue weighted by Gasteiger charge is 2.14. The van der Waals surface area contributed by atoms with Gasteiger partial charge in [-0.1, -0.05) is 17.7 Å². The van der Waals surface area contributed by atoms with Crippen LogP contribution in [-0.2, 0) is 6.54 Å². The molecule has 4 aromatic rings. The summed E-state index contributed by atoms with van der Waals surface area (Å²) in [5, 5.41) is 13.9. The molecule has 0 aliphatic carbocycles. The number of anilines is 1. The second-order valence-corrected chi connectivity index (χ2v) is 7.80. The Balaban J connectivity index is 1.70. The van der Waals surface area contributed by atoms with E-state index in [9.17, 15) is 4.39 Å². The van der Waals surface area contributed by atoms with Gasteiger partial charge in [-0.15, -0.1) is 5.10 Å². The first-order chi connectivity index (χ1) is 15.9. The van der Waals surface area contributed by atoms with Crippen molar-refractivity contribution in [3.63, 3.8) is 0 Å². The summed E-state index contributed by atoms with van der Waals surface area (Å²) in [6, 6.07) is 14.4. The largest absolute Gasteiger partial charge is 0.497 e. The van der Waals surface area contributed by atoms with Gasteiger partial charge < -0.3 is 19.5 Å². The van der Waals surface area contributed by atoms with E-state index in [0.29, 0.717) is 29.4 Å². The second-order valence-electron chi connectivity index (χ2n) is 7.39. The van der Waals surface area contributed by atoms with Crippen molar-refractivity contribution in [2.75, 3.05) is 26.6 Å². The van der Waals surface area contributed by atoms with E-state index in [-0.39, 0.29) is 5.02 Å². The van der Waals surface area contributed by atoms with Crippen molar-refractivity contribution in [1.29, 1.82) is 0 Å². The van der Waals surface area contributed by atoms with E-state index in [2.05, 4.69) is 15.5 Å². The molecule has 0 amide bonds. The third kappa shape index (κ3) is 4.50. The van der Waals surface area contributed by atoms with Crippen molar-refractivity contribution in [3.05, 3.63) is 70.6 Å². The molecule has 4 rings (SSSR count). The fraction of sp³-hybridized carbons (Fsp3) is 0.200. The summed E-state index contributed by atoms with van der Waals surface area (Å²) in [4.78, 5) is 0. The molecule has 0 spiro atoms. The predicted molar refractivity (Wildman–Crippen MR) is 128 cm³/mol. The maximum Gasteiger partial charge on any atom is 0.156 e. The van der Waals surface area contributed by atoms with Crippen LogP contribution in [-0.4, -0.2) is 31.5 Å². The minimum atomic E-state index is -0.527. The van der Waals surface area contributed by atoms with Crippen molar-refractivity contribution in [2.24, 2.45) is 0 Å². The van der Waals surface area contributed by atoms with Crippen LogP contribution in [0.2, 0.25) is 5.02 Å². The highest BCUT2D eigenvalue weighted by atomic mass is 35.5. The Morgan fingerprint density at radius 1 is 0.879 bits per heavy atom. The first-order valence-electron chi connectivity index (χ1n) is 10.2. The first kappa shape index (κ1) is 22.6. The molecule has 6 nitrogen and oxygen atoms in total. The Bertz CT molecular complexity index is 1330. The van der Waals surface area contributed by atoms with Crippen molar-refractivity contribution in [2.45, 2.75) is 13.5 Å². The standard InChI is InChI=1S/C25H23ClFN3O3/c1-14-19-9-15(20-11-21(26)22(27)12-24(20)33-4)6-8-18(19)25(30-29-14)28-13-16-5-7-17(31-2)10-23(16)32-3/h5-12H,13H2,1-4H3,(H,28,30). The van der Waals surface area contributed by atoms with Crippen LogP contribution in [0.1, 0.15) is 11.3 Å². The maximum atomic E-state index is 13.9. The molecular weight excluding hydrogens is 445 g/mol. The molecule has 0 saturated carbocycles. The summed E-state index contributed by atoms with van der Waals surface area (Å²) in [7, 11) is 4.74. The maximum absolute atomic E-state index is 13.9. The lowest BCUT2D eigenvalue weighted by Gasteiger charge is -2.14. The molecule has 1 N–H and O–H groups in total. The van der Waals surface area contributed by atoms with Crippen LogP contribution < -0.4 is 19.5 Å². The van der Waals surface area contributed by atoms with Crippen LogP contribution in [0.15, 0.2) is 48.5 Å². The molecule has 0 atom stereocenters. The van der Waals surface area contributed by atoms with Gasteiger partial charge in [0.2, 0.25) is 0 Å². The topological polar surface area (TPSA) is 65.5 Å². The lowest BCUT2D eigenvalue weighted by Crippen LogP contribution is -2.06. The molecule has 170 valence electrons. The Morgan fingerprint density at radius 2 is 1.67 bits per heavy atom. The number of nitrogens with one attached hydrogen (secondary N) is 1. The molecule has 3 aromatic carbocycles. The fourth-order valence-electron chi connectivity index (χ4n) is 3.68. The highest BCUT2D eigenvalue weighted by molar-refractivity contribution is 6.31. The SMILES string of the molecule is COc1ccc(CNc2nnc(C)c3cc(-c4cc(Cl)c(F)cc4OC)ccc23)c(OC)c1. The van der Waals surface area contributed by atoms with Gasteiger partial charge in [-0.05, 0) is 42.8 Å². The van der Waals surface area contributed by atoms with E-state index in [0.717, 1.165) is 33.3 Å². The Morgan fingerprint density at radius 3 is 2.39 bits per heavy atom. The molecule has 0 bridgehead atoms.